The molecular formula is H8N2Si2. The highest BCUT2D eigenvalue weighted by molar-refractivity contribution is 6.24. The summed E-state index contributed by atoms with van der Waals surface area (Å²) in [5, 5.41) is 0. The summed E-state index contributed by atoms with van der Waals surface area (Å²) in [4.78, 5) is 0. The predicted molar refractivity (Wildman–Crippen MR) is 25.9 cm³/mol. The average molecular weight is 92.2 g/mol. The van der Waals surface area contributed by atoms with Gasteiger partial charge in [0.2, 0.25) is 0 Å². The lowest BCUT2D eigenvalue weighted by Gasteiger charge is -1.92. The second-order valence-corrected chi connectivity index (χ2v) is 5.57. The molecule has 0 unspecified atom stereocenters. The van der Waals surface area contributed by atoms with Crippen molar-refractivity contribution in [1.29, 1.82) is 0 Å². The topological polar surface area (TPSA) is 29.3 Å². The maximum atomic E-state index is 5.07. The van der Waals surface area contributed by atoms with Crippen molar-refractivity contribution in [3.8, 4) is 0 Å². The molecule has 0 aliphatic carbocycles. The zero-order valence-corrected chi connectivity index (χ0v) is 7.02. The van der Waals surface area contributed by atoms with Crippen LogP contribution in [0.15, 0.2) is 0 Å². The molecule has 0 aliphatic heterocycles. The van der Waals surface area contributed by atoms with Crippen molar-refractivity contribution < 1.29 is 0 Å². The summed E-state index contributed by atoms with van der Waals surface area (Å²) in [6, 6.07) is 0. The standard InChI is InChI=1S/H8N2Si2/c1-2(3)4/h1H2,3-4H3. The van der Waals surface area contributed by atoms with Crippen molar-refractivity contribution in [3.63, 3.8) is 0 Å². The van der Waals surface area contributed by atoms with Crippen LogP contribution >= 0.6 is 0 Å². The normalized spacial score (nSPS) is 10.5. The van der Waals surface area contributed by atoms with E-state index >= 15 is 0 Å². The minimum Gasteiger partial charge on any atom is -0.308 e. The molecule has 0 aromatic heterocycles. The Labute approximate surface area is 31.9 Å². The lowest BCUT2D eigenvalue weighted by atomic mass is 12.9. The molecular weight excluding hydrogens is 84.2 g/mol. The van der Waals surface area contributed by atoms with Crippen LogP contribution in [0.2, 0.25) is 0 Å². The summed E-state index contributed by atoms with van der Waals surface area (Å²) in [5.41, 5.74) is 0. The monoisotopic (exact) mass is 92.0 g/mol. The molecule has 0 saturated carbocycles. The fourth-order valence-corrected chi connectivity index (χ4v) is 0. The van der Waals surface area contributed by atoms with Crippen LogP contribution < -0.4 is 5.84 Å². The first-order valence-corrected chi connectivity index (χ1v) is 2.94. The summed E-state index contributed by atoms with van der Waals surface area (Å²) in [7, 11) is 2.04. The Balaban J connectivity index is 2.32. The van der Waals surface area contributed by atoms with E-state index in [0.29, 0.717) is 0 Å². The fourth-order valence-electron chi connectivity index (χ4n) is 0. The van der Waals surface area contributed by atoms with Gasteiger partial charge in [0.15, 0.2) is 0 Å². The molecule has 4 heteroatoms. The van der Waals surface area contributed by atoms with Gasteiger partial charge in [0.25, 0.3) is 0 Å². The highest BCUT2D eigenvalue weighted by atomic mass is 28.2. The molecule has 26 valence electrons. The molecule has 0 saturated heterocycles. The van der Waals surface area contributed by atoms with E-state index in [4.69, 9.17) is 5.84 Å². The van der Waals surface area contributed by atoms with Gasteiger partial charge in [-0.3, -0.25) is 5.84 Å². The van der Waals surface area contributed by atoms with Gasteiger partial charge < -0.3 is 4.34 Å². The van der Waals surface area contributed by atoms with Gasteiger partial charge in [0.1, 0.15) is 0 Å². The summed E-state index contributed by atoms with van der Waals surface area (Å²) in [6.07, 6.45) is 0. The molecule has 2 nitrogen and oxygen atoms in total. The summed E-state index contributed by atoms with van der Waals surface area (Å²) in [6.45, 7) is 0. The van der Waals surface area contributed by atoms with Gasteiger partial charge in [0, 0.05) is 0 Å². The average Bonchev–Trinajstić information content (AvgIpc) is 0.811. The molecule has 0 amide bonds. The van der Waals surface area contributed by atoms with Gasteiger partial charge in [-0.1, -0.05) is 0 Å². The van der Waals surface area contributed by atoms with Crippen LogP contribution in [0.25, 0.3) is 0 Å². The van der Waals surface area contributed by atoms with Gasteiger partial charge in [-0.05, 0) is 0 Å². The lowest BCUT2D eigenvalue weighted by molar-refractivity contribution is 0.769. The van der Waals surface area contributed by atoms with Crippen molar-refractivity contribution in [2.24, 2.45) is 5.84 Å². The lowest BCUT2D eigenvalue weighted by Crippen LogP contribution is -2.23. The molecule has 0 radical (unpaired) electrons. The number of nitrogens with zero attached hydrogens (tertiary/aromatic N) is 1. The van der Waals surface area contributed by atoms with E-state index in [2.05, 4.69) is 0 Å². The molecule has 2 N–H and O–H groups in total. The number of hydrogen-bond donors (Lipinski definition) is 1. The first-order valence-electron chi connectivity index (χ1n) is 1.15. The van der Waals surface area contributed by atoms with Crippen LogP contribution in [0.5, 0.6) is 0 Å². The fraction of sp³-hybridized carbons (Fsp3) is 0. The number of hydrazine groups is 1. The third-order valence-corrected chi connectivity index (χ3v) is 0. The van der Waals surface area contributed by atoms with Crippen LogP contribution in [-0.4, -0.2) is 25.1 Å². The summed E-state index contributed by atoms with van der Waals surface area (Å²) in [5.74, 6) is 5.07. The summed E-state index contributed by atoms with van der Waals surface area (Å²) >= 11 is 0. The van der Waals surface area contributed by atoms with E-state index in [-0.39, 0.29) is 0 Å². The SMILES string of the molecule is NN([SiH3])[SiH3]. The van der Waals surface area contributed by atoms with Gasteiger partial charge in [-0.2, -0.15) is 0 Å². The van der Waals surface area contributed by atoms with Crippen LogP contribution in [0.1, 0.15) is 0 Å². The zero-order chi connectivity index (χ0) is 3.58. The second-order valence-electron chi connectivity index (χ2n) is 0.964. The molecule has 0 heterocycles. The van der Waals surface area contributed by atoms with E-state index in [1.165, 1.54) is 0 Å². The predicted octanol–water partition coefficient (Wildman–Crippen LogP) is -3.28. The largest absolute Gasteiger partial charge is 0.308 e. The van der Waals surface area contributed by atoms with Crippen LogP contribution in [0, 0.1) is 0 Å². The third kappa shape index (κ3) is 34.5. The molecule has 4 heavy (non-hydrogen) atoms. The number of nitrogens with two attached hydrogens (primary N) is 1. The maximum absolute atomic E-state index is 5.07. The smallest absolute Gasteiger partial charge is 0.0868 e. The third-order valence-electron chi connectivity index (χ3n) is 0. The molecule has 0 atom stereocenters. The molecule has 0 spiro atoms. The Bertz CT molecular complexity index is 8.75. The first kappa shape index (κ1) is 4.35. The Morgan fingerprint density at radius 1 is 1.50 bits per heavy atom. The van der Waals surface area contributed by atoms with Gasteiger partial charge >= 0.3 is 0 Å². The van der Waals surface area contributed by atoms with Crippen molar-refractivity contribution in [2.75, 3.05) is 0 Å². The molecule has 0 aromatic rings. The van der Waals surface area contributed by atoms with Crippen LogP contribution in [0.3, 0.4) is 0 Å². The minimum atomic E-state index is 1.02. The van der Waals surface area contributed by atoms with Crippen molar-refractivity contribution >= 4 is 20.8 Å². The Morgan fingerprint density at radius 2 is 1.50 bits per heavy atom. The van der Waals surface area contributed by atoms with Crippen LogP contribution in [0.4, 0.5) is 0 Å². The van der Waals surface area contributed by atoms with E-state index < -0.39 is 0 Å². The summed E-state index contributed by atoms with van der Waals surface area (Å²) < 4.78 is 1.78. The van der Waals surface area contributed by atoms with Gasteiger partial charge in [-0.15, -0.1) is 0 Å². The van der Waals surface area contributed by atoms with Crippen molar-refractivity contribution in [1.82, 2.24) is 4.34 Å². The number of hydrogen-bond acceptors (Lipinski definition) is 2. The first-order chi connectivity index (χ1) is 1.73. The van der Waals surface area contributed by atoms with E-state index in [0.717, 1.165) is 20.8 Å². The molecule has 0 aromatic carbocycles. The molecule has 0 aliphatic rings. The van der Waals surface area contributed by atoms with Crippen LogP contribution in [-0.2, 0) is 0 Å². The van der Waals surface area contributed by atoms with Gasteiger partial charge in [-0.25, -0.2) is 0 Å². The number of rotatable bonds is 0. The van der Waals surface area contributed by atoms with Crippen molar-refractivity contribution in [3.05, 3.63) is 0 Å². The molecule has 0 rings (SSSR count). The molecule has 0 bridgehead atoms. The van der Waals surface area contributed by atoms with Crippen molar-refractivity contribution in [2.45, 2.75) is 0 Å². The van der Waals surface area contributed by atoms with Gasteiger partial charge in [0.05, 0.1) is 20.8 Å². The Hall–Kier alpha value is 0.354. The Kier molecular flexibility index (Phi) is 1.80. The van der Waals surface area contributed by atoms with E-state index in [1.54, 1.807) is 4.34 Å². The highest BCUT2D eigenvalue weighted by Gasteiger charge is 1.58. The van der Waals surface area contributed by atoms with E-state index in [9.17, 15) is 0 Å². The quantitative estimate of drug-likeness (QED) is 0.193. The zero-order valence-electron chi connectivity index (χ0n) is 3.02. The van der Waals surface area contributed by atoms with E-state index in [1.807, 2.05) is 0 Å². The maximum Gasteiger partial charge on any atom is 0.0868 e. The minimum absolute atomic E-state index is 1.02. The molecule has 0 fully saturated rings. The second kappa shape index (κ2) is 1.65. The highest BCUT2D eigenvalue weighted by Crippen LogP contribution is 1.30. The Morgan fingerprint density at radius 3 is 1.50 bits per heavy atom.